The first-order valence-corrected chi connectivity index (χ1v) is 8.38. The van der Waals surface area contributed by atoms with Crippen molar-refractivity contribution in [2.24, 2.45) is 0 Å². The Hall–Kier alpha value is -2.89. The molecule has 0 aliphatic carbocycles. The largest absolute Gasteiger partial charge is 0.489 e. The van der Waals surface area contributed by atoms with E-state index in [1.807, 2.05) is 30.3 Å². The van der Waals surface area contributed by atoms with E-state index in [9.17, 15) is 0 Å². The zero-order valence-corrected chi connectivity index (χ0v) is 14.7. The maximum Gasteiger partial charge on any atom is 0.258 e. The van der Waals surface area contributed by atoms with Gasteiger partial charge in [-0.05, 0) is 50.1 Å². The van der Waals surface area contributed by atoms with Crippen molar-refractivity contribution < 1.29 is 9.26 Å². The van der Waals surface area contributed by atoms with Gasteiger partial charge in [0.2, 0.25) is 0 Å². The molecule has 3 rings (SSSR count). The average Bonchev–Trinajstić information content (AvgIpc) is 3.05. The number of aryl methyl sites for hydroxylation is 2. The van der Waals surface area contributed by atoms with Gasteiger partial charge in [0.05, 0.1) is 6.54 Å². The molecule has 2 heterocycles. The lowest BCUT2D eigenvalue weighted by atomic mass is 10.2. The molecular formula is C19H22N4O2. The van der Waals surface area contributed by atoms with Crippen LogP contribution in [-0.4, -0.2) is 27.8 Å². The van der Waals surface area contributed by atoms with Gasteiger partial charge in [0.15, 0.2) is 5.82 Å². The summed E-state index contributed by atoms with van der Waals surface area (Å²) < 4.78 is 11.3. The number of pyridine rings is 1. The standard InChI is InChI=1S/C19H22N4O2/c1-4-16(24-17-7-5-6-13(2)10-17)12-21-18-11-15(8-9-20-18)19-22-14(3)23-25-19/h5-11,16H,4,12H2,1-3H3,(H,20,21). The summed E-state index contributed by atoms with van der Waals surface area (Å²) in [7, 11) is 0. The summed E-state index contributed by atoms with van der Waals surface area (Å²) in [6, 6.07) is 11.8. The molecule has 130 valence electrons. The Balaban J connectivity index is 1.63. The van der Waals surface area contributed by atoms with Gasteiger partial charge < -0.3 is 14.6 Å². The van der Waals surface area contributed by atoms with E-state index in [-0.39, 0.29) is 6.10 Å². The van der Waals surface area contributed by atoms with Gasteiger partial charge in [0.25, 0.3) is 5.89 Å². The molecule has 3 aromatic rings. The minimum Gasteiger partial charge on any atom is -0.489 e. The second kappa shape index (κ2) is 7.79. The van der Waals surface area contributed by atoms with Crippen molar-refractivity contribution in [3.63, 3.8) is 0 Å². The zero-order chi connectivity index (χ0) is 17.6. The van der Waals surface area contributed by atoms with Crippen LogP contribution in [0.4, 0.5) is 5.82 Å². The van der Waals surface area contributed by atoms with E-state index >= 15 is 0 Å². The third-order valence-corrected chi connectivity index (χ3v) is 3.79. The van der Waals surface area contributed by atoms with Crippen molar-refractivity contribution in [3.05, 3.63) is 54.0 Å². The Morgan fingerprint density at radius 3 is 2.80 bits per heavy atom. The summed E-state index contributed by atoms with van der Waals surface area (Å²) in [5.41, 5.74) is 2.02. The highest BCUT2D eigenvalue weighted by Crippen LogP contribution is 2.20. The fraction of sp³-hybridized carbons (Fsp3) is 0.316. The maximum absolute atomic E-state index is 6.05. The third-order valence-electron chi connectivity index (χ3n) is 3.79. The van der Waals surface area contributed by atoms with Crippen LogP contribution in [0.25, 0.3) is 11.5 Å². The van der Waals surface area contributed by atoms with E-state index < -0.39 is 0 Å². The number of rotatable bonds is 7. The summed E-state index contributed by atoms with van der Waals surface area (Å²) in [5.74, 6) is 2.74. The molecule has 6 nitrogen and oxygen atoms in total. The highest BCUT2D eigenvalue weighted by molar-refractivity contribution is 5.57. The highest BCUT2D eigenvalue weighted by atomic mass is 16.5. The first-order valence-electron chi connectivity index (χ1n) is 8.38. The lowest BCUT2D eigenvalue weighted by Crippen LogP contribution is -2.25. The molecule has 1 atom stereocenters. The summed E-state index contributed by atoms with van der Waals surface area (Å²) in [6.45, 7) is 6.61. The quantitative estimate of drug-likeness (QED) is 0.701. The predicted octanol–water partition coefficient (Wildman–Crippen LogP) is 4.02. The van der Waals surface area contributed by atoms with Crippen LogP contribution >= 0.6 is 0 Å². The number of nitrogens with one attached hydrogen (secondary N) is 1. The van der Waals surface area contributed by atoms with Crippen LogP contribution in [0.3, 0.4) is 0 Å². The minimum atomic E-state index is 0.0536. The second-order valence-corrected chi connectivity index (χ2v) is 5.92. The van der Waals surface area contributed by atoms with Gasteiger partial charge >= 0.3 is 0 Å². The molecule has 0 fully saturated rings. The maximum atomic E-state index is 6.05. The zero-order valence-electron chi connectivity index (χ0n) is 14.7. The van der Waals surface area contributed by atoms with E-state index in [0.29, 0.717) is 18.3 Å². The fourth-order valence-electron chi connectivity index (χ4n) is 2.44. The average molecular weight is 338 g/mol. The number of nitrogens with zero attached hydrogens (tertiary/aromatic N) is 3. The minimum absolute atomic E-state index is 0.0536. The van der Waals surface area contributed by atoms with Gasteiger partial charge in [-0.2, -0.15) is 4.98 Å². The number of benzene rings is 1. The first kappa shape index (κ1) is 17.0. The lowest BCUT2D eigenvalue weighted by Gasteiger charge is -2.19. The Morgan fingerprint density at radius 1 is 1.20 bits per heavy atom. The molecule has 0 radical (unpaired) electrons. The van der Waals surface area contributed by atoms with Crippen LogP contribution in [0.5, 0.6) is 5.75 Å². The topological polar surface area (TPSA) is 73.1 Å². The Kier molecular flexibility index (Phi) is 5.28. The van der Waals surface area contributed by atoms with Crippen molar-refractivity contribution >= 4 is 5.82 Å². The van der Waals surface area contributed by atoms with Gasteiger partial charge in [-0.15, -0.1) is 0 Å². The monoisotopic (exact) mass is 338 g/mol. The van der Waals surface area contributed by atoms with Gasteiger partial charge in [-0.3, -0.25) is 0 Å². The SMILES string of the molecule is CCC(CNc1cc(-c2nc(C)no2)ccn1)Oc1cccc(C)c1. The number of ether oxygens (including phenoxy) is 1. The Bertz CT molecular complexity index is 832. The van der Waals surface area contributed by atoms with Crippen molar-refractivity contribution in [1.29, 1.82) is 0 Å². The van der Waals surface area contributed by atoms with Crippen LogP contribution < -0.4 is 10.1 Å². The molecule has 0 amide bonds. The molecule has 0 aliphatic rings. The van der Waals surface area contributed by atoms with Crippen molar-refractivity contribution in [2.75, 3.05) is 11.9 Å². The summed E-state index contributed by atoms with van der Waals surface area (Å²) in [6.07, 6.45) is 2.67. The fourth-order valence-corrected chi connectivity index (χ4v) is 2.44. The summed E-state index contributed by atoms with van der Waals surface area (Å²) in [4.78, 5) is 8.58. The summed E-state index contributed by atoms with van der Waals surface area (Å²) in [5, 5.41) is 7.14. The number of hydrogen-bond acceptors (Lipinski definition) is 6. The highest BCUT2D eigenvalue weighted by Gasteiger charge is 2.11. The van der Waals surface area contributed by atoms with Crippen LogP contribution in [0.2, 0.25) is 0 Å². The van der Waals surface area contributed by atoms with Crippen molar-refractivity contribution in [3.8, 4) is 17.2 Å². The lowest BCUT2D eigenvalue weighted by molar-refractivity contribution is 0.210. The number of anilines is 1. The molecule has 1 aromatic carbocycles. The van der Waals surface area contributed by atoms with Crippen LogP contribution in [-0.2, 0) is 0 Å². The van der Waals surface area contributed by atoms with Crippen LogP contribution in [0.1, 0.15) is 24.7 Å². The van der Waals surface area contributed by atoms with Crippen LogP contribution in [0, 0.1) is 13.8 Å². The van der Waals surface area contributed by atoms with E-state index in [1.54, 1.807) is 13.1 Å². The molecule has 25 heavy (non-hydrogen) atoms. The first-order chi connectivity index (χ1) is 12.1. The van der Waals surface area contributed by atoms with Crippen molar-refractivity contribution in [2.45, 2.75) is 33.3 Å². The molecule has 1 unspecified atom stereocenters. The van der Waals surface area contributed by atoms with Gasteiger partial charge in [0.1, 0.15) is 17.7 Å². The molecule has 1 N–H and O–H groups in total. The van der Waals surface area contributed by atoms with Gasteiger partial charge in [-0.25, -0.2) is 4.98 Å². The normalized spacial score (nSPS) is 12.0. The summed E-state index contributed by atoms with van der Waals surface area (Å²) >= 11 is 0. The molecular weight excluding hydrogens is 316 g/mol. The predicted molar refractivity (Wildman–Crippen MR) is 96.6 cm³/mol. The Morgan fingerprint density at radius 2 is 2.08 bits per heavy atom. The molecule has 0 spiro atoms. The van der Waals surface area contributed by atoms with E-state index in [0.717, 1.165) is 23.6 Å². The van der Waals surface area contributed by atoms with Gasteiger partial charge in [-0.1, -0.05) is 24.2 Å². The van der Waals surface area contributed by atoms with E-state index in [1.165, 1.54) is 5.56 Å². The number of hydrogen-bond donors (Lipinski definition) is 1. The molecule has 0 saturated heterocycles. The van der Waals surface area contributed by atoms with Crippen molar-refractivity contribution in [1.82, 2.24) is 15.1 Å². The molecule has 0 saturated carbocycles. The Labute approximate surface area is 147 Å². The molecule has 0 aliphatic heterocycles. The third kappa shape index (κ3) is 4.56. The van der Waals surface area contributed by atoms with Crippen LogP contribution in [0.15, 0.2) is 47.1 Å². The molecule has 0 bridgehead atoms. The second-order valence-electron chi connectivity index (χ2n) is 5.92. The number of aromatic nitrogens is 3. The van der Waals surface area contributed by atoms with Gasteiger partial charge in [0, 0.05) is 11.8 Å². The van der Waals surface area contributed by atoms with E-state index in [2.05, 4.69) is 40.4 Å². The molecule has 2 aromatic heterocycles. The smallest absolute Gasteiger partial charge is 0.258 e. The van der Waals surface area contributed by atoms with E-state index in [4.69, 9.17) is 9.26 Å². The molecule has 6 heteroatoms.